The second-order valence-electron chi connectivity index (χ2n) is 23.0. The summed E-state index contributed by atoms with van der Waals surface area (Å²) in [6.45, 7) is 11.6. The van der Waals surface area contributed by atoms with Gasteiger partial charge in [-0.3, -0.25) is 24.5 Å². The largest absolute Gasteiger partial charge is 0.494 e. The van der Waals surface area contributed by atoms with Crippen LogP contribution >= 0.6 is 34.0 Å². The number of rotatable bonds is 19. The molecule has 7 aromatic rings. The number of likely N-dealkylation sites (tertiary alicyclic amines) is 1. The van der Waals surface area contributed by atoms with Crippen molar-refractivity contribution in [3.63, 3.8) is 0 Å². The maximum atomic E-state index is 14.3. The molecule has 2 aliphatic heterocycles. The van der Waals surface area contributed by atoms with Crippen LogP contribution in [0.3, 0.4) is 0 Å². The molecule has 0 spiro atoms. The standard InChI is InChI=1S/C65H72N8O9S3/c1-39(42-21-23-44(24-22-42)56-40(2)66-38-83-56)67-60(77)52-35-46(74)36-73(52)61(78)57(65(3,4)5)70-58(75)45-25-29-48(30-26-45)81-33-10-9-13-41-19-27-47(28-20-41)82-34-12-18-54-55(62(79)80-6)69-64(85-54)72-32-31-43-14-11-15-49(50(43)37-72)59(76)71-63-68-51-16-7-8-17-53(51)84-63/h7-8,11,14-17,19-24,27-28,38-39,45-46,48,52,57,74H,10,12,18,25-26,29-37H2,1-6H3,(H,67,77)(H,70,75)(H,68,71,76)/t39-,45?,46+,48?,52-,57+/m0/s1. The molecule has 0 unspecified atom stereocenters. The first-order valence-electron chi connectivity index (χ1n) is 29.0. The average molecular weight is 1210 g/mol. The summed E-state index contributed by atoms with van der Waals surface area (Å²) in [7, 11) is 1.36. The summed E-state index contributed by atoms with van der Waals surface area (Å²) in [6, 6.07) is 27.1. The maximum absolute atomic E-state index is 14.3. The predicted molar refractivity (Wildman–Crippen MR) is 332 cm³/mol. The van der Waals surface area contributed by atoms with Crippen LogP contribution in [-0.4, -0.2) is 112 Å². The van der Waals surface area contributed by atoms with Gasteiger partial charge in [0.1, 0.15) is 17.8 Å². The van der Waals surface area contributed by atoms with Crippen molar-refractivity contribution in [2.45, 2.75) is 129 Å². The van der Waals surface area contributed by atoms with Gasteiger partial charge in [0.2, 0.25) is 17.7 Å². The molecule has 4 N–H and O–H groups in total. The Kier molecular flexibility index (Phi) is 19.4. The van der Waals surface area contributed by atoms with Crippen molar-refractivity contribution in [1.82, 2.24) is 30.5 Å². The van der Waals surface area contributed by atoms with Gasteiger partial charge >= 0.3 is 5.97 Å². The number of methoxy groups -OCH3 is 1. The molecule has 1 aliphatic carbocycles. The zero-order valence-electron chi connectivity index (χ0n) is 48.8. The number of hydrogen-bond donors (Lipinski definition) is 4. The highest BCUT2D eigenvalue weighted by Crippen LogP contribution is 2.36. The van der Waals surface area contributed by atoms with E-state index in [4.69, 9.17) is 19.2 Å². The topological polar surface area (TPSA) is 215 Å². The zero-order valence-corrected chi connectivity index (χ0v) is 51.2. The minimum Gasteiger partial charge on any atom is -0.494 e. The molecule has 5 heterocycles. The molecule has 1 saturated heterocycles. The summed E-state index contributed by atoms with van der Waals surface area (Å²) >= 11 is 4.48. The number of thiazole rings is 3. The Morgan fingerprint density at radius 1 is 0.882 bits per heavy atom. The van der Waals surface area contributed by atoms with Crippen molar-refractivity contribution in [2.24, 2.45) is 11.3 Å². The van der Waals surface area contributed by atoms with E-state index in [1.807, 2.05) is 125 Å². The van der Waals surface area contributed by atoms with Crippen molar-refractivity contribution >= 4 is 84.1 Å². The number of carbonyl (C=O) groups excluding carboxylic acids is 5. The van der Waals surface area contributed by atoms with Gasteiger partial charge in [-0.05, 0) is 129 Å². The zero-order chi connectivity index (χ0) is 59.8. The summed E-state index contributed by atoms with van der Waals surface area (Å²) in [5, 5.41) is 21.1. The number of ether oxygens (including phenoxy) is 3. The minimum atomic E-state index is -0.903. The average Bonchev–Trinajstić information content (AvgIpc) is 4.47. The number of aryl methyl sites for hydroxylation is 2. The first-order chi connectivity index (χ1) is 41.0. The molecule has 0 radical (unpaired) electrons. The molecule has 4 atom stereocenters. The van der Waals surface area contributed by atoms with Gasteiger partial charge in [0.15, 0.2) is 16.0 Å². The number of nitrogens with one attached hydrogen (secondary N) is 3. The van der Waals surface area contributed by atoms with Crippen LogP contribution in [0.25, 0.3) is 20.7 Å². The first-order valence-corrected chi connectivity index (χ1v) is 31.5. The van der Waals surface area contributed by atoms with Crippen molar-refractivity contribution in [1.29, 1.82) is 0 Å². The first kappa shape index (κ1) is 60.6. The molecule has 20 heteroatoms. The molecule has 3 aromatic heterocycles. The summed E-state index contributed by atoms with van der Waals surface area (Å²) in [4.78, 5) is 87.7. The quantitative estimate of drug-likeness (QED) is 0.0337. The molecule has 4 amide bonds. The molecule has 17 nitrogen and oxygen atoms in total. The number of hydrogen-bond acceptors (Lipinski definition) is 16. The van der Waals surface area contributed by atoms with Crippen molar-refractivity contribution in [2.75, 3.05) is 43.6 Å². The Hall–Kier alpha value is -7.54. The number of para-hydroxylation sites is 1. The van der Waals surface area contributed by atoms with Gasteiger partial charge < -0.3 is 39.8 Å². The lowest BCUT2D eigenvalue weighted by molar-refractivity contribution is -0.145. The summed E-state index contributed by atoms with van der Waals surface area (Å²) in [6.07, 6.45) is 4.35. The molecule has 4 aromatic carbocycles. The SMILES string of the molecule is COC(=O)c1nc(N2CCc3cccc(C(=O)Nc4nc5ccccc5s4)c3C2)sc1CCCOc1ccc(C#CCCOC2CCC(C(=O)N[C@H](C(=O)N3C[C@H](O)C[C@H]3C(=O)N[C@@H](C)c3ccc(-c4scnc4C)cc3)C(C)(C)C)CC2)cc1. The number of anilines is 2. The van der Waals surface area contributed by atoms with Gasteiger partial charge in [-0.2, -0.15) is 0 Å². The van der Waals surface area contributed by atoms with E-state index in [2.05, 4.69) is 48.7 Å². The fourth-order valence-corrected chi connectivity index (χ4v) is 14.0. The van der Waals surface area contributed by atoms with Crippen LogP contribution in [0.2, 0.25) is 0 Å². The van der Waals surface area contributed by atoms with Gasteiger partial charge in [0, 0.05) is 54.4 Å². The molecule has 10 rings (SSSR count). The second kappa shape index (κ2) is 27.2. The number of β-amino-alcohol motifs (C(OH)–C–C–N with tert-alkyl or cyclic N) is 1. The van der Waals surface area contributed by atoms with E-state index in [1.165, 1.54) is 34.7 Å². The van der Waals surface area contributed by atoms with E-state index in [0.717, 1.165) is 59.9 Å². The number of fused-ring (bicyclic) bond motifs is 2. The van der Waals surface area contributed by atoms with Crippen LogP contribution in [0, 0.1) is 30.1 Å². The Labute approximate surface area is 507 Å². The molecule has 1 saturated carbocycles. The Bertz CT molecular complexity index is 3560. The van der Waals surface area contributed by atoms with Crippen molar-refractivity contribution < 1.29 is 43.3 Å². The monoisotopic (exact) mass is 1200 g/mol. The lowest BCUT2D eigenvalue weighted by Gasteiger charge is -2.37. The van der Waals surface area contributed by atoms with E-state index < -0.39 is 29.6 Å². The Morgan fingerprint density at radius 2 is 1.66 bits per heavy atom. The highest BCUT2D eigenvalue weighted by atomic mass is 32.1. The third-order valence-corrected chi connectivity index (χ3v) is 19.0. The van der Waals surface area contributed by atoms with Crippen LogP contribution in [0.1, 0.15) is 132 Å². The van der Waals surface area contributed by atoms with E-state index in [9.17, 15) is 29.1 Å². The number of benzene rings is 4. The molecule has 444 valence electrons. The van der Waals surface area contributed by atoms with E-state index in [1.54, 1.807) is 11.3 Å². The summed E-state index contributed by atoms with van der Waals surface area (Å²) in [5.41, 5.74) is 8.69. The van der Waals surface area contributed by atoms with Gasteiger partial charge in [0.05, 0.1) is 64.9 Å². The van der Waals surface area contributed by atoms with Gasteiger partial charge in [0.25, 0.3) is 5.91 Å². The highest BCUT2D eigenvalue weighted by molar-refractivity contribution is 7.22. The van der Waals surface area contributed by atoms with E-state index >= 15 is 0 Å². The molecule has 85 heavy (non-hydrogen) atoms. The van der Waals surface area contributed by atoms with E-state index in [-0.39, 0.29) is 54.7 Å². The molecule has 0 bridgehead atoms. The lowest BCUT2D eigenvalue weighted by Crippen LogP contribution is -2.58. The number of nitrogens with zero attached hydrogens (tertiary/aromatic N) is 5. The number of esters is 1. The predicted octanol–water partition coefficient (Wildman–Crippen LogP) is 10.5. The molecule has 2 fully saturated rings. The number of carbonyl (C=O) groups is 5. The van der Waals surface area contributed by atoms with Gasteiger partial charge in [-0.15, -0.1) is 22.7 Å². The smallest absolute Gasteiger partial charge is 0.357 e. The third-order valence-electron chi connectivity index (χ3n) is 15.9. The van der Waals surface area contributed by atoms with Gasteiger partial charge in [-0.25, -0.2) is 19.7 Å². The Morgan fingerprint density at radius 3 is 2.39 bits per heavy atom. The second-order valence-corrected chi connectivity index (χ2v) is 26.0. The van der Waals surface area contributed by atoms with Crippen LogP contribution in [0.4, 0.5) is 10.3 Å². The lowest BCUT2D eigenvalue weighted by atomic mass is 9.83. The summed E-state index contributed by atoms with van der Waals surface area (Å²) in [5.74, 6) is 5.21. The number of aliphatic hydroxyl groups is 1. The minimum absolute atomic E-state index is 0.000375. The number of amides is 4. The number of aliphatic hydroxyl groups excluding tert-OH is 1. The van der Waals surface area contributed by atoms with Gasteiger partial charge in [-0.1, -0.05) is 92.5 Å². The van der Waals surface area contributed by atoms with Crippen LogP contribution < -0.4 is 25.6 Å². The van der Waals surface area contributed by atoms with Crippen molar-refractivity contribution in [3.05, 3.63) is 141 Å². The molecule has 3 aliphatic rings. The summed E-state index contributed by atoms with van der Waals surface area (Å²) < 4.78 is 18.4. The maximum Gasteiger partial charge on any atom is 0.357 e. The Balaban J connectivity index is 0.640. The van der Waals surface area contributed by atoms with Crippen LogP contribution in [0.15, 0.2) is 96.5 Å². The number of aromatic nitrogens is 3. The third kappa shape index (κ3) is 14.8. The fraction of sp³-hybridized carbons (Fsp3) is 0.415. The van der Waals surface area contributed by atoms with E-state index in [0.29, 0.717) is 98.5 Å². The molecular formula is C65H72N8O9S3. The highest BCUT2D eigenvalue weighted by Gasteiger charge is 2.45. The fourth-order valence-electron chi connectivity index (χ4n) is 11.2. The van der Waals surface area contributed by atoms with Crippen molar-refractivity contribution in [3.8, 4) is 28.0 Å². The molecular weight excluding hydrogens is 1130 g/mol. The normalized spacial score (nSPS) is 18.4. The van der Waals surface area contributed by atoms with Crippen LogP contribution in [-0.2, 0) is 43.2 Å². The van der Waals surface area contributed by atoms with Crippen LogP contribution in [0.5, 0.6) is 5.75 Å².